The summed E-state index contributed by atoms with van der Waals surface area (Å²) >= 11 is 0. The second-order valence-electron chi connectivity index (χ2n) is 10.2. The van der Waals surface area contributed by atoms with Gasteiger partial charge in [-0.05, 0) is 50.8 Å². The lowest BCUT2D eigenvalue weighted by Crippen LogP contribution is -2.28. The van der Waals surface area contributed by atoms with E-state index in [0.717, 1.165) is 17.5 Å². The minimum Gasteiger partial charge on any atom is -0.477 e. The van der Waals surface area contributed by atoms with Crippen molar-refractivity contribution in [1.82, 2.24) is 34.5 Å². The minimum atomic E-state index is -3.78. The highest BCUT2D eigenvalue weighted by atomic mass is 32.2. The summed E-state index contributed by atoms with van der Waals surface area (Å²) in [5.41, 5.74) is 3.86. The van der Waals surface area contributed by atoms with E-state index in [0.29, 0.717) is 60.3 Å². The third kappa shape index (κ3) is 4.62. The van der Waals surface area contributed by atoms with Crippen LogP contribution in [0, 0.1) is 18.7 Å². The van der Waals surface area contributed by atoms with Gasteiger partial charge in [0.25, 0.3) is 0 Å². The standard InChI is InChI=1S/C28H30FN7O4S/c1-5-40-28-22-24-20(13-18(14-31-24)25-16(2)33-34-35(25)3)36(27(22)21(15-32-28)41(4,37)38)26(17-8-11-39-12-9-17)23-19(29)7-6-10-30-23/h6-7,10,13-15,17,26H,5,8-9,11-12H2,1-4H3. The quantitative estimate of drug-likeness (QED) is 0.281. The van der Waals surface area contributed by atoms with Crippen molar-refractivity contribution in [3.63, 3.8) is 0 Å². The van der Waals surface area contributed by atoms with Crippen LogP contribution in [0.4, 0.5) is 4.39 Å². The van der Waals surface area contributed by atoms with Crippen molar-refractivity contribution in [2.75, 3.05) is 26.1 Å². The van der Waals surface area contributed by atoms with Crippen LogP contribution in [-0.2, 0) is 21.6 Å². The lowest BCUT2D eigenvalue weighted by Gasteiger charge is -2.32. The number of sulfone groups is 1. The predicted octanol–water partition coefficient (Wildman–Crippen LogP) is 4.04. The zero-order chi connectivity index (χ0) is 28.9. The van der Waals surface area contributed by atoms with E-state index in [1.54, 1.807) is 30.2 Å². The van der Waals surface area contributed by atoms with Crippen LogP contribution in [0.3, 0.4) is 0 Å². The molecule has 1 unspecified atom stereocenters. The molecule has 6 rings (SSSR count). The summed E-state index contributed by atoms with van der Waals surface area (Å²) in [5, 5.41) is 8.77. The fourth-order valence-corrected chi connectivity index (χ4v) is 6.66. The minimum absolute atomic E-state index is 0.00211. The van der Waals surface area contributed by atoms with E-state index in [4.69, 9.17) is 14.5 Å². The fraction of sp³-hybridized carbons (Fsp3) is 0.393. The topological polar surface area (TPSA) is 127 Å². The number of rotatable bonds is 7. The third-order valence-corrected chi connectivity index (χ3v) is 8.69. The Morgan fingerprint density at radius 1 is 1.20 bits per heavy atom. The molecule has 1 aliphatic heterocycles. The first-order chi connectivity index (χ1) is 19.7. The maximum absolute atomic E-state index is 15.6. The molecule has 0 spiro atoms. The first-order valence-corrected chi connectivity index (χ1v) is 15.3. The molecule has 0 amide bonds. The van der Waals surface area contributed by atoms with Gasteiger partial charge in [-0.15, -0.1) is 5.10 Å². The maximum atomic E-state index is 15.6. The number of aromatic nitrogens is 7. The van der Waals surface area contributed by atoms with Gasteiger partial charge in [-0.2, -0.15) is 0 Å². The molecule has 5 aromatic rings. The Balaban J connectivity index is 1.81. The normalized spacial score (nSPS) is 15.5. The van der Waals surface area contributed by atoms with Gasteiger partial charge >= 0.3 is 0 Å². The van der Waals surface area contributed by atoms with Crippen molar-refractivity contribution in [3.8, 4) is 17.1 Å². The van der Waals surface area contributed by atoms with Crippen molar-refractivity contribution in [3.05, 3.63) is 54.0 Å². The number of hydrogen-bond acceptors (Lipinski definition) is 9. The molecule has 5 aromatic heterocycles. The Hall–Kier alpha value is -3.97. The van der Waals surface area contributed by atoms with Crippen molar-refractivity contribution in [2.24, 2.45) is 13.0 Å². The molecule has 6 heterocycles. The maximum Gasteiger partial charge on any atom is 0.225 e. The van der Waals surface area contributed by atoms with Gasteiger partial charge in [-0.3, -0.25) is 9.97 Å². The molecule has 1 fully saturated rings. The van der Waals surface area contributed by atoms with E-state index >= 15 is 4.39 Å². The second-order valence-corrected chi connectivity index (χ2v) is 12.2. The molecule has 13 heteroatoms. The molecule has 214 valence electrons. The van der Waals surface area contributed by atoms with Crippen LogP contribution < -0.4 is 4.74 Å². The van der Waals surface area contributed by atoms with Crippen LogP contribution in [0.1, 0.15) is 37.2 Å². The molecule has 41 heavy (non-hydrogen) atoms. The number of nitrogens with zero attached hydrogens (tertiary/aromatic N) is 7. The summed E-state index contributed by atoms with van der Waals surface area (Å²) in [5.74, 6) is -0.328. The van der Waals surface area contributed by atoms with Crippen molar-refractivity contribution >= 4 is 31.8 Å². The van der Waals surface area contributed by atoms with Gasteiger partial charge in [0.15, 0.2) is 9.84 Å². The largest absolute Gasteiger partial charge is 0.477 e. The molecule has 1 saturated heterocycles. The first-order valence-electron chi connectivity index (χ1n) is 13.4. The Morgan fingerprint density at radius 2 is 1.98 bits per heavy atom. The highest BCUT2D eigenvalue weighted by molar-refractivity contribution is 7.91. The van der Waals surface area contributed by atoms with Crippen LogP contribution in [0.5, 0.6) is 5.88 Å². The highest BCUT2D eigenvalue weighted by Gasteiger charge is 2.35. The highest BCUT2D eigenvalue weighted by Crippen LogP contribution is 2.45. The van der Waals surface area contributed by atoms with E-state index < -0.39 is 21.7 Å². The smallest absolute Gasteiger partial charge is 0.225 e. The Kier molecular flexibility index (Phi) is 6.94. The molecule has 0 aromatic carbocycles. The molecule has 1 atom stereocenters. The molecule has 0 saturated carbocycles. The van der Waals surface area contributed by atoms with E-state index in [1.807, 2.05) is 24.5 Å². The van der Waals surface area contributed by atoms with E-state index in [-0.39, 0.29) is 22.4 Å². The lowest BCUT2D eigenvalue weighted by atomic mass is 9.88. The average molecular weight is 580 g/mol. The van der Waals surface area contributed by atoms with E-state index in [1.165, 1.54) is 12.3 Å². The molecular formula is C28H30FN7O4S. The van der Waals surface area contributed by atoms with Crippen LogP contribution in [0.15, 0.2) is 41.7 Å². The summed E-state index contributed by atoms with van der Waals surface area (Å²) in [4.78, 5) is 13.7. The second kappa shape index (κ2) is 10.5. The van der Waals surface area contributed by atoms with Crippen molar-refractivity contribution in [1.29, 1.82) is 0 Å². The third-order valence-electron chi connectivity index (χ3n) is 7.59. The van der Waals surface area contributed by atoms with Crippen LogP contribution >= 0.6 is 0 Å². The molecule has 1 aliphatic rings. The molecule has 0 N–H and O–H groups in total. The van der Waals surface area contributed by atoms with Crippen molar-refractivity contribution in [2.45, 2.75) is 37.6 Å². The van der Waals surface area contributed by atoms with Gasteiger partial charge in [0.2, 0.25) is 5.88 Å². The summed E-state index contributed by atoms with van der Waals surface area (Å²) in [7, 11) is -1.99. The number of aryl methyl sites for hydroxylation is 2. The van der Waals surface area contributed by atoms with E-state index in [9.17, 15) is 8.42 Å². The number of ether oxygens (including phenoxy) is 2. The number of fused-ring (bicyclic) bond motifs is 3. The van der Waals surface area contributed by atoms with Gasteiger partial charge in [0.05, 0.1) is 52.3 Å². The number of halogens is 1. The summed E-state index contributed by atoms with van der Waals surface area (Å²) in [6.07, 6.45) is 6.97. The van der Waals surface area contributed by atoms with Gasteiger partial charge < -0.3 is 14.0 Å². The zero-order valence-electron chi connectivity index (χ0n) is 23.2. The van der Waals surface area contributed by atoms with Crippen LogP contribution in [0.2, 0.25) is 0 Å². The Morgan fingerprint density at radius 3 is 2.63 bits per heavy atom. The van der Waals surface area contributed by atoms with Gasteiger partial charge in [-0.1, -0.05) is 5.21 Å². The van der Waals surface area contributed by atoms with Gasteiger partial charge in [-0.25, -0.2) is 22.5 Å². The summed E-state index contributed by atoms with van der Waals surface area (Å²) in [6, 6.07) is 4.17. The Bertz CT molecular complexity index is 1860. The molecular weight excluding hydrogens is 549 g/mol. The molecule has 0 aliphatic carbocycles. The zero-order valence-corrected chi connectivity index (χ0v) is 24.0. The average Bonchev–Trinajstić information content (AvgIpc) is 3.46. The Labute approximate surface area is 236 Å². The van der Waals surface area contributed by atoms with Crippen molar-refractivity contribution < 1.29 is 22.3 Å². The summed E-state index contributed by atoms with van der Waals surface area (Å²) < 4.78 is 57.2. The van der Waals surface area contributed by atoms with Gasteiger partial charge in [0, 0.05) is 44.5 Å². The lowest BCUT2D eigenvalue weighted by molar-refractivity contribution is 0.0542. The number of hydrogen-bond donors (Lipinski definition) is 0. The van der Waals surface area contributed by atoms with E-state index in [2.05, 4.69) is 20.3 Å². The summed E-state index contributed by atoms with van der Waals surface area (Å²) in [6.45, 7) is 4.99. The molecule has 0 bridgehead atoms. The van der Waals surface area contributed by atoms with Crippen LogP contribution in [-0.4, -0.2) is 69.0 Å². The first kappa shape index (κ1) is 27.2. The fourth-order valence-electron chi connectivity index (χ4n) is 5.87. The molecule has 11 nitrogen and oxygen atoms in total. The SMILES string of the molecule is CCOc1ncc(S(C)(=O)=O)c2c1c1ncc(-c3c(C)nnn3C)cc1n2C(c1ncccc1F)C1CCOCC1. The number of pyridine rings is 3. The monoisotopic (exact) mass is 579 g/mol. The van der Waals surface area contributed by atoms with Crippen LogP contribution in [0.25, 0.3) is 33.2 Å². The van der Waals surface area contributed by atoms with Gasteiger partial charge in [0.1, 0.15) is 16.2 Å². The predicted molar refractivity (Wildman–Crippen MR) is 150 cm³/mol. The molecule has 0 radical (unpaired) electrons.